The fourth-order valence-electron chi connectivity index (χ4n) is 1.41. The monoisotopic (exact) mass is 240 g/mol. The predicted molar refractivity (Wildman–Crippen MR) is 59.8 cm³/mol. The highest BCUT2D eigenvalue weighted by molar-refractivity contribution is 6.30. The number of nitrogens with zero attached hydrogens (tertiary/aromatic N) is 1. The number of nitrogens with one attached hydrogen (secondary N) is 1. The van der Waals surface area contributed by atoms with Crippen LogP contribution in [0, 0.1) is 5.82 Å². The van der Waals surface area contributed by atoms with Crippen molar-refractivity contribution in [1.82, 2.24) is 9.97 Å². The van der Waals surface area contributed by atoms with Crippen molar-refractivity contribution in [1.29, 1.82) is 0 Å². The third-order valence-corrected chi connectivity index (χ3v) is 2.52. The van der Waals surface area contributed by atoms with E-state index in [0.717, 1.165) is 5.56 Å². The average molecular weight is 241 g/mol. The Morgan fingerprint density at radius 1 is 1.31 bits per heavy atom. The van der Waals surface area contributed by atoms with E-state index in [-0.39, 0.29) is 12.4 Å². The molecule has 1 aromatic carbocycles. The van der Waals surface area contributed by atoms with Gasteiger partial charge < -0.3 is 10.1 Å². The number of rotatable bonds is 3. The van der Waals surface area contributed by atoms with E-state index in [1.54, 1.807) is 12.1 Å². The van der Waals surface area contributed by atoms with Gasteiger partial charge in [0.1, 0.15) is 11.6 Å². The van der Waals surface area contributed by atoms with Crippen molar-refractivity contribution in [2.75, 3.05) is 6.61 Å². The standard InChI is InChI=1S/C11H10ClFN2O/c12-10-9(5-6-16)14-11(15-10)7-1-3-8(13)4-2-7/h1-4,16H,5-6H2,(H,14,15). The first-order chi connectivity index (χ1) is 7.70. The molecule has 3 nitrogen and oxygen atoms in total. The fraction of sp³-hybridized carbons (Fsp3) is 0.182. The third-order valence-electron chi connectivity index (χ3n) is 2.21. The number of halogens is 2. The topological polar surface area (TPSA) is 48.9 Å². The second-order valence-corrected chi connectivity index (χ2v) is 3.69. The maximum atomic E-state index is 12.7. The Morgan fingerprint density at radius 2 is 2.00 bits per heavy atom. The summed E-state index contributed by atoms with van der Waals surface area (Å²) in [5.41, 5.74) is 1.44. The van der Waals surface area contributed by atoms with Gasteiger partial charge in [-0.1, -0.05) is 11.6 Å². The minimum Gasteiger partial charge on any atom is -0.396 e. The number of benzene rings is 1. The molecule has 0 saturated heterocycles. The van der Waals surface area contributed by atoms with Crippen LogP contribution in [0.5, 0.6) is 0 Å². The van der Waals surface area contributed by atoms with Gasteiger partial charge >= 0.3 is 0 Å². The first kappa shape index (κ1) is 11.1. The molecule has 0 unspecified atom stereocenters. The van der Waals surface area contributed by atoms with Crippen molar-refractivity contribution in [3.63, 3.8) is 0 Å². The number of aliphatic hydroxyl groups excluding tert-OH is 1. The molecular weight excluding hydrogens is 231 g/mol. The van der Waals surface area contributed by atoms with Crippen LogP contribution in [-0.4, -0.2) is 21.7 Å². The van der Waals surface area contributed by atoms with E-state index in [0.29, 0.717) is 23.1 Å². The molecule has 1 heterocycles. The van der Waals surface area contributed by atoms with E-state index in [1.165, 1.54) is 12.1 Å². The average Bonchev–Trinajstić information content (AvgIpc) is 2.62. The number of H-pyrrole nitrogens is 1. The van der Waals surface area contributed by atoms with Crippen LogP contribution in [-0.2, 0) is 6.42 Å². The van der Waals surface area contributed by atoms with Crippen molar-refractivity contribution >= 4 is 11.6 Å². The molecule has 2 N–H and O–H groups in total. The van der Waals surface area contributed by atoms with Crippen molar-refractivity contribution in [2.24, 2.45) is 0 Å². The minimum absolute atomic E-state index is 0.00473. The number of aromatic nitrogens is 2. The minimum atomic E-state index is -0.294. The van der Waals surface area contributed by atoms with Crippen LogP contribution in [0.3, 0.4) is 0 Å². The molecule has 0 aliphatic carbocycles. The zero-order chi connectivity index (χ0) is 11.5. The zero-order valence-electron chi connectivity index (χ0n) is 8.37. The summed E-state index contributed by atoms with van der Waals surface area (Å²) in [6.45, 7) is 0.00473. The maximum absolute atomic E-state index is 12.7. The molecule has 5 heteroatoms. The van der Waals surface area contributed by atoms with Gasteiger partial charge in [-0.25, -0.2) is 9.37 Å². The Balaban J connectivity index is 2.33. The Bertz CT molecular complexity index is 481. The highest BCUT2D eigenvalue weighted by Crippen LogP contribution is 2.21. The van der Waals surface area contributed by atoms with Crippen molar-refractivity contribution in [3.8, 4) is 11.4 Å². The molecule has 0 bridgehead atoms. The maximum Gasteiger partial charge on any atom is 0.150 e. The zero-order valence-corrected chi connectivity index (χ0v) is 9.13. The quantitative estimate of drug-likeness (QED) is 0.866. The molecule has 0 aliphatic heterocycles. The molecule has 0 saturated carbocycles. The normalized spacial score (nSPS) is 10.7. The van der Waals surface area contributed by atoms with Gasteiger partial charge in [0, 0.05) is 18.6 Å². The molecular formula is C11H10ClFN2O. The van der Waals surface area contributed by atoms with E-state index >= 15 is 0 Å². The summed E-state index contributed by atoms with van der Waals surface area (Å²) in [4.78, 5) is 7.10. The van der Waals surface area contributed by atoms with Gasteiger partial charge in [0.15, 0.2) is 5.15 Å². The van der Waals surface area contributed by atoms with Gasteiger partial charge in [-0.2, -0.15) is 0 Å². The largest absolute Gasteiger partial charge is 0.396 e. The summed E-state index contributed by atoms with van der Waals surface area (Å²) >= 11 is 5.88. The first-order valence-corrected chi connectivity index (χ1v) is 5.19. The van der Waals surface area contributed by atoms with Gasteiger partial charge in [-0.15, -0.1) is 0 Å². The Hall–Kier alpha value is -1.39. The molecule has 2 rings (SSSR count). The molecule has 0 atom stereocenters. The molecule has 0 aliphatic rings. The van der Waals surface area contributed by atoms with Gasteiger partial charge in [0.25, 0.3) is 0 Å². The molecule has 1 aromatic heterocycles. The lowest BCUT2D eigenvalue weighted by Gasteiger charge is -1.96. The molecule has 0 spiro atoms. The second kappa shape index (κ2) is 4.63. The lowest BCUT2D eigenvalue weighted by molar-refractivity contribution is 0.298. The first-order valence-electron chi connectivity index (χ1n) is 4.82. The summed E-state index contributed by atoms with van der Waals surface area (Å²) < 4.78 is 12.7. The lowest BCUT2D eigenvalue weighted by Crippen LogP contribution is -1.91. The second-order valence-electron chi connectivity index (χ2n) is 3.34. The number of hydrogen-bond donors (Lipinski definition) is 2. The summed E-state index contributed by atoms with van der Waals surface area (Å²) in [6, 6.07) is 5.95. The molecule has 0 radical (unpaired) electrons. The van der Waals surface area contributed by atoms with E-state index in [2.05, 4.69) is 9.97 Å². The number of aliphatic hydroxyl groups is 1. The van der Waals surface area contributed by atoms with Crippen LogP contribution in [0.1, 0.15) is 5.69 Å². The summed E-state index contributed by atoms with van der Waals surface area (Å²) in [5, 5.41) is 9.15. The number of imidazole rings is 1. The van der Waals surface area contributed by atoms with Gasteiger partial charge in [-0.05, 0) is 24.3 Å². The molecule has 2 aromatic rings. The summed E-state index contributed by atoms with van der Waals surface area (Å²) in [6.07, 6.45) is 0.424. The molecule has 84 valence electrons. The molecule has 0 amide bonds. The lowest BCUT2D eigenvalue weighted by atomic mass is 10.2. The van der Waals surface area contributed by atoms with E-state index in [4.69, 9.17) is 16.7 Å². The van der Waals surface area contributed by atoms with Crippen LogP contribution < -0.4 is 0 Å². The van der Waals surface area contributed by atoms with E-state index in [9.17, 15) is 4.39 Å². The SMILES string of the molecule is OCCc1[nH]c(-c2ccc(F)cc2)nc1Cl. The Kier molecular flexibility index (Phi) is 3.22. The summed E-state index contributed by atoms with van der Waals surface area (Å²) in [7, 11) is 0. The van der Waals surface area contributed by atoms with Gasteiger partial charge in [-0.3, -0.25) is 0 Å². The van der Waals surface area contributed by atoms with Crippen LogP contribution >= 0.6 is 11.6 Å². The van der Waals surface area contributed by atoms with Gasteiger partial charge in [0.05, 0.1) is 5.69 Å². The smallest absolute Gasteiger partial charge is 0.150 e. The van der Waals surface area contributed by atoms with Gasteiger partial charge in [0.2, 0.25) is 0 Å². The van der Waals surface area contributed by atoms with Crippen LogP contribution in [0.2, 0.25) is 5.15 Å². The highest BCUT2D eigenvalue weighted by atomic mass is 35.5. The van der Waals surface area contributed by atoms with Crippen molar-refractivity contribution in [3.05, 3.63) is 40.9 Å². The fourth-order valence-corrected chi connectivity index (χ4v) is 1.64. The van der Waals surface area contributed by atoms with Crippen LogP contribution in [0.4, 0.5) is 4.39 Å². The van der Waals surface area contributed by atoms with E-state index in [1.807, 2.05) is 0 Å². The third kappa shape index (κ3) is 2.23. The highest BCUT2D eigenvalue weighted by Gasteiger charge is 2.09. The Labute approximate surface area is 96.9 Å². The molecule has 16 heavy (non-hydrogen) atoms. The number of aromatic amines is 1. The predicted octanol–water partition coefficient (Wildman–Crippen LogP) is 2.40. The van der Waals surface area contributed by atoms with Crippen LogP contribution in [0.15, 0.2) is 24.3 Å². The summed E-state index contributed by atoms with van der Waals surface area (Å²) in [5.74, 6) is 0.283. The van der Waals surface area contributed by atoms with E-state index < -0.39 is 0 Å². The van der Waals surface area contributed by atoms with Crippen molar-refractivity contribution in [2.45, 2.75) is 6.42 Å². The molecule has 0 fully saturated rings. The van der Waals surface area contributed by atoms with Crippen LogP contribution in [0.25, 0.3) is 11.4 Å². The Morgan fingerprint density at radius 3 is 2.62 bits per heavy atom. The number of hydrogen-bond acceptors (Lipinski definition) is 2. The van der Waals surface area contributed by atoms with Crippen molar-refractivity contribution < 1.29 is 9.50 Å².